The van der Waals surface area contributed by atoms with Crippen LogP contribution in [0.5, 0.6) is 0 Å². The highest BCUT2D eigenvalue weighted by molar-refractivity contribution is 9.09. The van der Waals surface area contributed by atoms with Gasteiger partial charge in [-0.25, -0.2) is 0 Å². The predicted molar refractivity (Wildman–Crippen MR) is 50.2 cm³/mol. The summed E-state index contributed by atoms with van der Waals surface area (Å²) >= 11 is 3.13. The standard InChI is InChI=1S/C8H11BrO5/c9-5-1-3(7(11)12)4(8(13)14)2-6(5)10/h3-6,10H,1-2H2,(H,11,12)(H,13,14)/t3-,4-,5?,6?/m1/s1. The Balaban J connectivity index is 2.80. The molecule has 80 valence electrons. The molecule has 0 aromatic heterocycles. The molecule has 4 atom stereocenters. The minimum Gasteiger partial charge on any atom is -0.481 e. The maximum absolute atomic E-state index is 10.8. The van der Waals surface area contributed by atoms with Crippen molar-refractivity contribution in [2.45, 2.75) is 23.8 Å². The van der Waals surface area contributed by atoms with Gasteiger partial charge in [0.1, 0.15) is 0 Å². The Hall–Kier alpha value is -0.620. The molecule has 5 nitrogen and oxygen atoms in total. The number of aliphatic hydroxyl groups excluding tert-OH is 1. The van der Waals surface area contributed by atoms with Gasteiger partial charge in [0.05, 0.1) is 17.9 Å². The van der Waals surface area contributed by atoms with E-state index in [9.17, 15) is 14.7 Å². The summed E-state index contributed by atoms with van der Waals surface area (Å²) in [6.45, 7) is 0. The van der Waals surface area contributed by atoms with Crippen LogP contribution < -0.4 is 0 Å². The lowest BCUT2D eigenvalue weighted by atomic mass is 9.78. The van der Waals surface area contributed by atoms with Gasteiger partial charge in [-0.2, -0.15) is 0 Å². The SMILES string of the molecule is O=C(O)[C@@H]1CC(O)C(Br)C[C@H]1C(=O)O. The van der Waals surface area contributed by atoms with Gasteiger partial charge in [0, 0.05) is 4.83 Å². The largest absolute Gasteiger partial charge is 0.481 e. The molecular weight excluding hydrogens is 256 g/mol. The van der Waals surface area contributed by atoms with Gasteiger partial charge in [-0.15, -0.1) is 0 Å². The molecule has 0 aromatic carbocycles. The number of rotatable bonds is 2. The Labute approximate surface area is 88.9 Å². The average Bonchev–Trinajstić information content (AvgIpc) is 2.08. The molecule has 0 spiro atoms. The van der Waals surface area contributed by atoms with E-state index < -0.39 is 29.9 Å². The molecule has 1 saturated carbocycles. The quantitative estimate of drug-likeness (QED) is 0.626. The Kier molecular flexibility index (Phi) is 3.49. The second kappa shape index (κ2) is 4.27. The van der Waals surface area contributed by atoms with Crippen molar-refractivity contribution >= 4 is 27.9 Å². The van der Waals surface area contributed by atoms with E-state index >= 15 is 0 Å². The van der Waals surface area contributed by atoms with Gasteiger partial charge < -0.3 is 15.3 Å². The lowest BCUT2D eigenvalue weighted by molar-refractivity contribution is -0.157. The predicted octanol–water partition coefficient (Wildman–Crippen LogP) is 0.306. The van der Waals surface area contributed by atoms with Gasteiger partial charge in [-0.1, -0.05) is 15.9 Å². The maximum atomic E-state index is 10.8. The van der Waals surface area contributed by atoms with E-state index in [1.54, 1.807) is 0 Å². The first-order chi connectivity index (χ1) is 6.43. The van der Waals surface area contributed by atoms with E-state index in [1.807, 2.05) is 0 Å². The van der Waals surface area contributed by atoms with Crippen LogP contribution in [0.1, 0.15) is 12.8 Å². The number of carboxylic acid groups (broad SMARTS) is 2. The number of hydrogen-bond acceptors (Lipinski definition) is 3. The normalized spacial score (nSPS) is 37.9. The average molecular weight is 267 g/mol. The van der Waals surface area contributed by atoms with Crippen LogP contribution in [-0.4, -0.2) is 38.2 Å². The summed E-state index contributed by atoms with van der Waals surface area (Å²) in [4.78, 5) is 21.2. The van der Waals surface area contributed by atoms with Crippen LogP contribution in [0, 0.1) is 11.8 Å². The molecule has 6 heteroatoms. The molecule has 3 N–H and O–H groups in total. The number of alkyl halides is 1. The molecule has 0 heterocycles. The second-order valence-electron chi connectivity index (χ2n) is 3.44. The van der Waals surface area contributed by atoms with Gasteiger partial charge in [0.25, 0.3) is 0 Å². The number of aliphatic hydroxyl groups is 1. The highest BCUT2D eigenvalue weighted by Gasteiger charge is 2.42. The van der Waals surface area contributed by atoms with Crippen molar-refractivity contribution < 1.29 is 24.9 Å². The lowest BCUT2D eigenvalue weighted by Gasteiger charge is -2.32. The fourth-order valence-corrected chi connectivity index (χ4v) is 2.30. The summed E-state index contributed by atoms with van der Waals surface area (Å²) in [5.74, 6) is -4.18. The number of aliphatic carboxylic acids is 2. The molecule has 1 rings (SSSR count). The van der Waals surface area contributed by atoms with Gasteiger partial charge in [0.2, 0.25) is 0 Å². The van der Waals surface area contributed by atoms with Crippen LogP contribution in [0.15, 0.2) is 0 Å². The Morgan fingerprint density at radius 3 is 1.93 bits per heavy atom. The first kappa shape index (κ1) is 11.5. The van der Waals surface area contributed by atoms with Crippen molar-refractivity contribution in [3.8, 4) is 0 Å². The fraction of sp³-hybridized carbons (Fsp3) is 0.750. The first-order valence-electron chi connectivity index (χ1n) is 4.21. The van der Waals surface area contributed by atoms with Crippen LogP contribution in [0.2, 0.25) is 0 Å². The van der Waals surface area contributed by atoms with Crippen molar-refractivity contribution in [3.05, 3.63) is 0 Å². The molecule has 1 aliphatic carbocycles. The molecule has 14 heavy (non-hydrogen) atoms. The third-order valence-corrected chi connectivity index (χ3v) is 3.50. The van der Waals surface area contributed by atoms with Crippen LogP contribution in [0.4, 0.5) is 0 Å². The van der Waals surface area contributed by atoms with E-state index in [1.165, 1.54) is 0 Å². The zero-order valence-corrected chi connectivity index (χ0v) is 8.85. The van der Waals surface area contributed by atoms with Crippen LogP contribution >= 0.6 is 15.9 Å². The summed E-state index contributed by atoms with van der Waals surface area (Å²) < 4.78 is 0. The molecular formula is C8H11BrO5. The van der Waals surface area contributed by atoms with E-state index in [2.05, 4.69) is 15.9 Å². The zero-order valence-electron chi connectivity index (χ0n) is 7.26. The van der Waals surface area contributed by atoms with E-state index in [4.69, 9.17) is 10.2 Å². The summed E-state index contributed by atoms with van der Waals surface area (Å²) in [6, 6.07) is 0. The molecule has 0 saturated heterocycles. The van der Waals surface area contributed by atoms with Crippen LogP contribution in [-0.2, 0) is 9.59 Å². The highest BCUT2D eigenvalue weighted by atomic mass is 79.9. The summed E-state index contributed by atoms with van der Waals surface area (Å²) in [5, 5.41) is 27.0. The van der Waals surface area contributed by atoms with E-state index in [0.717, 1.165) is 0 Å². The minimum atomic E-state index is -1.16. The van der Waals surface area contributed by atoms with Crippen LogP contribution in [0.25, 0.3) is 0 Å². The molecule has 0 bridgehead atoms. The third-order valence-electron chi connectivity index (χ3n) is 2.51. The number of hydrogen-bond donors (Lipinski definition) is 3. The summed E-state index contributed by atoms with van der Waals surface area (Å²) in [5.41, 5.74) is 0. The number of halogens is 1. The molecule has 1 aliphatic rings. The summed E-state index contributed by atoms with van der Waals surface area (Å²) in [7, 11) is 0. The van der Waals surface area contributed by atoms with Gasteiger partial charge >= 0.3 is 11.9 Å². The van der Waals surface area contributed by atoms with Crippen molar-refractivity contribution in [1.29, 1.82) is 0 Å². The van der Waals surface area contributed by atoms with Gasteiger partial charge in [-0.05, 0) is 12.8 Å². The fourth-order valence-electron chi connectivity index (χ4n) is 1.68. The molecule has 2 unspecified atom stereocenters. The maximum Gasteiger partial charge on any atom is 0.307 e. The Morgan fingerprint density at radius 2 is 1.50 bits per heavy atom. The molecule has 0 aliphatic heterocycles. The van der Waals surface area contributed by atoms with E-state index in [0.29, 0.717) is 0 Å². The van der Waals surface area contributed by atoms with Crippen molar-refractivity contribution in [2.24, 2.45) is 11.8 Å². The molecule has 0 radical (unpaired) electrons. The minimum absolute atomic E-state index is 0.0117. The zero-order chi connectivity index (χ0) is 10.9. The van der Waals surface area contributed by atoms with Crippen molar-refractivity contribution in [1.82, 2.24) is 0 Å². The Morgan fingerprint density at radius 1 is 1.07 bits per heavy atom. The topological polar surface area (TPSA) is 94.8 Å². The molecule has 0 amide bonds. The molecule has 0 aromatic rings. The summed E-state index contributed by atoms with van der Waals surface area (Å²) in [6.07, 6.45) is -0.651. The van der Waals surface area contributed by atoms with E-state index in [-0.39, 0.29) is 17.7 Å². The number of carboxylic acids is 2. The Bertz CT molecular complexity index is 228. The second-order valence-corrected chi connectivity index (χ2v) is 4.62. The first-order valence-corrected chi connectivity index (χ1v) is 5.12. The van der Waals surface area contributed by atoms with Gasteiger partial charge in [-0.3, -0.25) is 9.59 Å². The van der Waals surface area contributed by atoms with Crippen molar-refractivity contribution in [3.63, 3.8) is 0 Å². The smallest absolute Gasteiger partial charge is 0.307 e. The third kappa shape index (κ3) is 2.24. The monoisotopic (exact) mass is 266 g/mol. The van der Waals surface area contributed by atoms with Gasteiger partial charge in [0.15, 0.2) is 0 Å². The molecule has 1 fully saturated rings. The van der Waals surface area contributed by atoms with Crippen molar-refractivity contribution in [2.75, 3.05) is 0 Å². The highest BCUT2D eigenvalue weighted by Crippen LogP contribution is 2.34. The lowest BCUT2D eigenvalue weighted by Crippen LogP contribution is -2.42. The van der Waals surface area contributed by atoms with Crippen LogP contribution in [0.3, 0.4) is 0 Å². The number of carbonyl (C=O) groups is 2.